The van der Waals surface area contributed by atoms with E-state index in [1.54, 1.807) is 17.4 Å². The Bertz CT molecular complexity index is 812. The second-order valence-corrected chi connectivity index (χ2v) is 6.06. The van der Waals surface area contributed by atoms with Gasteiger partial charge in [0.25, 0.3) is 5.91 Å². The fourth-order valence-corrected chi connectivity index (χ4v) is 3.24. The number of thiophene rings is 1. The van der Waals surface area contributed by atoms with E-state index in [1.165, 1.54) is 5.56 Å². The van der Waals surface area contributed by atoms with Crippen molar-refractivity contribution >= 4 is 17.2 Å². The summed E-state index contributed by atoms with van der Waals surface area (Å²) in [6.07, 6.45) is 0. The summed E-state index contributed by atoms with van der Waals surface area (Å²) in [5, 5.41) is 7.18. The van der Waals surface area contributed by atoms with Crippen LogP contribution < -0.4 is 10.1 Å². The third-order valence-electron chi connectivity index (χ3n) is 3.72. The van der Waals surface area contributed by atoms with Gasteiger partial charge in [0.15, 0.2) is 0 Å². The third kappa shape index (κ3) is 3.66. The van der Waals surface area contributed by atoms with Crippen molar-refractivity contribution in [3.8, 4) is 16.9 Å². The zero-order valence-corrected chi connectivity index (χ0v) is 14.3. The lowest BCUT2D eigenvalue weighted by Crippen LogP contribution is -2.23. The summed E-state index contributed by atoms with van der Waals surface area (Å²) < 4.78 is 5.53. The Balaban J connectivity index is 1.76. The first kappa shape index (κ1) is 16.3. The van der Waals surface area contributed by atoms with Crippen LogP contribution in [-0.4, -0.2) is 12.5 Å². The molecule has 1 heterocycles. The first-order chi connectivity index (χ1) is 11.8. The molecule has 1 N–H and O–H groups in total. The van der Waals surface area contributed by atoms with Crippen LogP contribution in [-0.2, 0) is 6.54 Å². The van der Waals surface area contributed by atoms with Crippen LogP contribution in [0.4, 0.5) is 0 Å². The van der Waals surface area contributed by atoms with Crippen LogP contribution in [0.5, 0.6) is 5.75 Å². The Morgan fingerprint density at radius 2 is 1.88 bits per heavy atom. The Morgan fingerprint density at radius 1 is 1.08 bits per heavy atom. The molecule has 3 nitrogen and oxygen atoms in total. The molecule has 3 rings (SSSR count). The largest absolute Gasteiger partial charge is 0.493 e. The number of nitrogens with one attached hydrogen (secondary N) is 1. The third-order valence-corrected chi connectivity index (χ3v) is 4.40. The monoisotopic (exact) mass is 337 g/mol. The topological polar surface area (TPSA) is 38.3 Å². The molecule has 0 spiro atoms. The van der Waals surface area contributed by atoms with E-state index in [-0.39, 0.29) is 5.91 Å². The molecule has 0 aliphatic carbocycles. The first-order valence-electron chi connectivity index (χ1n) is 7.90. The minimum absolute atomic E-state index is 0.126. The highest BCUT2D eigenvalue weighted by Gasteiger charge is 2.12. The Labute approximate surface area is 145 Å². The number of ether oxygens (including phenoxy) is 1. The number of amides is 1. The molecule has 0 bridgehead atoms. The number of carbonyl (C=O) groups is 1. The van der Waals surface area contributed by atoms with Crippen LogP contribution in [0, 0.1) is 0 Å². The second kappa shape index (κ2) is 7.79. The van der Waals surface area contributed by atoms with Gasteiger partial charge in [-0.3, -0.25) is 4.79 Å². The molecule has 3 aromatic rings. The summed E-state index contributed by atoms with van der Waals surface area (Å²) >= 11 is 1.67. The number of carbonyl (C=O) groups excluding carboxylic acids is 1. The maximum absolute atomic E-state index is 12.5. The van der Waals surface area contributed by atoms with E-state index in [0.717, 1.165) is 11.1 Å². The standard InChI is InChI=1S/C20H19NO2S/c1-2-23-19-10-6-5-9-18(19)20(22)21-13-15-7-3-4-8-17(15)16-11-12-24-14-16/h3-12,14H,2,13H2,1H3,(H,21,22). The highest BCUT2D eigenvalue weighted by atomic mass is 32.1. The van der Waals surface area contributed by atoms with Crippen molar-refractivity contribution in [3.63, 3.8) is 0 Å². The maximum Gasteiger partial charge on any atom is 0.255 e. The van der Waals surface area contributed by atoms with Gasteiger partial charge < -0.3 is 10.1 Å². The van der Waals surface area contributed by atoms with Crippen LogP contribution in [0.1, 0.15) is 22.8 Å². The molecule has 4 heteroatoms. The van der Waals surface area contributed by atoms with Gasteiger partial charge in [-0.25, -0.2) is 0 Å². The summed E-state index contributed by atoms with van der Waals surface area (Å²) in [6, 6.07) is 17.5. The van der Waals surface area contributed by atoms with E-state index in [2.05, 4.69) is 28.2 Å². The van der Waals surface area contributed by atoms with Gasteiger partial charge in [0.05, 0.1) is 12.2 Å². The van der Waals surface area contributed by atoms with Crippen molar-refractivity contribution in [2.24, 2.45) is 0 Å². The minimum Gasteiger partial charge on any atom is -0.493 e. The molecule has 0 fully saturated rings. The Hall–Kier alpha value is -2.59. The molecule has 0 saturated heterocycles. The van der Waals surface area contributed by atoms with Crippen molar-refractivity contribution < 1.29 is 9.53 Å². The van der Waals surface area contributed by atoms with Crippen LogP contribution in [0.15, 0.2) is 65.4 Å². The van der Waals surface area contributed by atoms with Gasteiger partial charge in [0.1, 0.15) is 5.75 Å². The highest BCUT2D eigenvalue weighted by Crippen LogP contribution is 2.26. The molecular formula is C20H19NO2S. The molecule has 0 aliphatic rings. The summed E-state index contributed by atoms with van der Waals surface area (Å²) in [5.74, 6) is 0.489. The Morgan fingerprint density at radius 3 is 2.67 bits per heavy atom. The van der Waals surface area contributed by atoms with E-state index >= 15 is 0 Å². The van der Waals surface area contributed by atoms with Gasteiger partial charge in [-0.15, -0.1) is 0 Å². The van der Waals surface area contributed by atoms with E-state index in [0.29, 0.717) is 24.5 Å². The van der Waals surface area contributed by atoms with Crippen LogP contribution in [0.2, 0.25) is 0 Å². The van der Waals surface area contributed by atoms with Gasteiger partial charge in [0.2, 0.25) is 0 Å². The number of para-hydroxylation sites is 1. The number of hydrogen-bond donors (Lipinski definition) is 1. The van der Waals surface area contributed by atoms with Crippen molar-refractivity contribution in [2.75, 3.05) is 6.61 Å². The molecule has 0 saturated carbocycles. The maximum atomic E-state index is 12.5. The van der Waals surface area contributed by atoms with E-state index in [4.69, 9.17) is 4.74 Å². The lowest BCUT2D eigenvalue weighted by molar-refractivity contribution is 0.0947. The minimum atomic E-state index is -0.126. The SMILES string of the molecule is CCOc1ccccc1C(=O)NCc1ccccc1-c1ccsc1. The van der Waals surface area contributed by atoms with E-state index in [1.807, 2.05) is 43.3 Å². The average Bonchev–Trinajstić information content (AvgIpc) is 3.15. The van der Waals surface area contributed by atoms with Crippen LogP contribution in [0.25, 0.3) is 11.1 Å². The lowest BCUT2D eigenvalue weighted by Gasteiger charge is -2.12. The Kier molecular flexibility index (Phi) is 5.29. The molecule has 1 aromatic heterocycles. The summed E-state index contributed by atoms with van der Waals surface area (Å²) in [4.78, 5) is 12.5. The number of rotatable bonds is 6. The number of benzene rings is 2. The summed E-state index contributed by atoms with van der Waals surface area (Å²) in [6.45, 7) is 2.92. The molecule has 24 heavy (non-hydrogen) atoms. The van der Waals surface area contributed by atoms with Gasteiger partial charge in [0, 0.05) is 6.54 Å². The predicted octanol–water partition coefficient (Wildman–Crippen LogP) is 4.74. The quantitative estimate of drug-likeness (QED) is 0.705. The van der Waals surface area contributed by atoms with Gasteiger partial charge in [-0.05, 0) is 52.6 Å². The van der Waals surface area contributed by atoms with Crippen LogP contribution in [0.3, 0.4) is 0 Å². The smallest absolute Gasteiger partial charge is 0.255 e. The first-order valence-corrected chi connectivity index (χ1v) is 8.84. The lowest BCUT2D eigenvalue weighted by atomic mass is 10.0. The predicted molar refractivity (Wildman–Crippen MR) is 98.5 cm³/mol. The molecular weight excluding hydrogens is 318 g/mol. The molecule has 0 atom stereocenters. The van der Waals surface area contributed by atoms with Crippen molar-refractivity contribution in [1.82, 2.24) is 5.32 Å². The molecule has 1 amide bonds. The summed E-state index contributed by atoms with van der Waals surface area (Å²) in [5.41, 5.74) is 3.99. The molecule has 0 radical (unpaired) electrons. The fraction of sp³-hybridized carbons (Fsp3) is 0.150. The van der Waals surface area contributed by atoms with Gasteiger partial charge in [-0.2, -0.15) is 11.3 Å². The molecule has 2 aromatic carbocycles. The second-order valence-electron chi connectivity index (χ2n) is 5.28. The molecule has 0 unspecified atom stereocenters. The van der Waals surface area contributed by atoms with E-state index < -0.39 is 0 Å². The summed E-state index contributed by atoms with van der Waals surface area (Å²) in [7, 11) is 0. The molecule has 0 aliphatic heterocycles. The average molecular weight is 337 g/mol. The normalized spacial score (nSPS) is 10.4. The van der Waals surface area contributed by atoms with Gasteiger partial charge in [-0.1, -0.05) is 36.4 Å². The number of hydrogen-bond acceptors (Lipinski definition) is 3. The van der Waals surface area contributed by atoms with E-state index in [9.17, 15) is 4.79 Å². The van der Waals surface area contributed by atoms with Crippen molar-refractivity contribution in [1.29, 1.82) is 0 Å². The molecule has 122 valence electrons. The zero-order valence-electron chi connectivity index (χ0n) is 13.5. The van der Waals surface area contributed by atoms with Crippen molar-refractivity contribution in [3.05, 3.63) is 76.5 Å². The van der Waals surface area contributed by atoms with Crippen molar-refractivity contribution in [2.45, 2.75) is 13.5 Å². The van der Waals surface area contributed by atoms with Gasteiger partial charge >= 0.3 is 0 Å². The van der Waals surface area contributed by atoms with Crippen LogP contribution >= 0.6 is 11.3 Å². The fourth-order valence-electron chi connectivity index (χ4n) is 2.58. The highest BCUT2D eigenvalue weighted by molar-refractivity contribution is 7.08. The zero-order chi connectivity index (χ0) is 16.8.